The fourth-order valence-electron chi connectivity index (χ4n) is 0.563. The van der Waals surface area contributed by atoms with Crippen molar-refractivity contribution in [2.75, 3.05) is 0 Å². The SMILES string of the molecule is [C-]#[N+]c1ccc(N=C=S)cn1. The molecule has 0 saturated heterocycles. The highest BCUT2D eigenvalue weighted by Gasteiger charge is 1.92. The average Bonchev–Trinajstić information content (AvgIpc) is 2.07. The van der Waals surface area contributed by atoms with Crippen LogP contribution in [-0.2, 0) is 0 Å². The first kappa shape index (κ1) is 7.55. The first-order valence-corrected chi connectivity index (χ1v) is 3.19. The summed E-state index contributed by atoms with van der Waals surface area (Å²) in [5.41, 5.74) is 0.618. The van der Waals surface area contributed by atoms with Crippen LogP contribution in [0.15, 0.2) is 23.3 Å². The van der Waals surface area contributed by atoms with Crippen LogP contribution in [0, 0.1) is 6.57 Å². The standard InChI is InChI=1S/C7H3N3S/c1-8-7-3-2-6(4-9-7)10-5-11/h2-4H. The van der Waals surface area contributed by atoms with Gasteiger partial charge in [0.1, 0.15) is 11.9 Å². The summed E-state index contributed by atoms with van der Waals surface area (Å²) in [6.07, 6.45) is 1.48. The lowest BCUT2D eigenvalue weighted by molar-refractivity contribution is 1.33. The van der Waals surface area contributed by atoms with Crippen molar-refractivity contribution in [3.05, 3.63) is 29.7 Å². The van der Waals surface area contributed by atoms with Crippen LogP contribution in [0.1, 0.15) is 0 Å². The molecule has 0 atom stereocenters. The van der Waals surface area contributed by atoms with Gasteiger partial charge in [-0.1, -0.05) is 6.57 Å². The molecule has 0 N–H and O–H groups in total. The molecular formula is C7H3N3S. The number of thiocarbonyl (C=S) groups is 1. The van der Waals surface area contributed by atoms with Crippen LogP contribution in [0.2, 0.25) is 0 Å². The maximum atomic E-state index is 6.61. The zero-order chi connectivity index (χ0) is 8.10. The number of aromatic nitrogens is 1. The summed E-state index contributed by atoms with van der Waals surface area (Å²) in [7, 11) is 0. The monoisotopic (exact) mass is 161 g/mol. The zero-order valence-corrected chi connectivity index (χ0v) is 6.30. The van der Waals surface area contributed by atoms with Gasteiger partial charge in [0.05, 0.1) is 5.16 Å². The normalized spacial score (nSPS) is 7.91. The smallest absolute Gasteiger partial charge is 0.269 e. The number of aliphatic imine (C=N–C) groups is 1. The van der Waals surface area contributed by atoms with Crippen LogP contribution in [-0.4, -0.2) is 10.1 Å². The summed E-state index contributed by atoms with van der Waals surface area (Å²) in [4.78, 5) is 10.6. The fraction of sp³-hybridized carbons (Fsp3) is 0. The van der Waals surface area contributed by atoms with Gasteiger partial charge >= 0.3 is 0 Å². The first-order valence-electron chi connectivity index (χ1n) is 2.78. The summed E-state index contributed by atoms with van der Waals surface area (Å²) < 4.78 is 0. The molecule has 0 saturated carbocycles. The number of hydrogen-bond acceptors (Lipinski definition) is 3. The minimum absolute atomic E-state index is 0.355. The molecule has 0 bridgehead atoms. The molecular weight excluding hydrogens is 158 g/mol. The highest BCUT2D eigenvalue weighted by molar-refractivity contribution is 7.78. The Morgan fingerprint density at radius 2 is 2.45 bits per heavy atom. The molecule has 1 aromatic heterocycles. The first-order chi connectivity index (χ1) is 5.36. The maximum Gasteiger partial charge on any atom is 0.269 e. The molecule has 0 aliphatic rings. The lowest BCUT2D eigenvalue weighted by Crippen LogP contribution is -1.68. The molecule has 52 valence electrons. The van der Waals surface area contributed by atoms with E-state index in [9.17, 15) is 0 Å². The summed E-state index contributed by atoms with van der Waals surface area (Å²) in [5, 5.41) is 2.21. The summed E-state index contributed by atoms with van der Waals surface area (Å²) in [6.45, 7) is 6.61. The molecule has 4 heteroatoms. The molecule has 0 spiro atoms. The summed E-state index contributed by atoms with van der Waals surface area (Å²) >= 11 is 4.39. The van der Waals surface area contributed by atoms with Crippen LogP contribution in [0.4, 0.5) is 11.5 Å². The molecule has 0 unspecified atom stereocenters. The molecule has 1 aromatic rings. The number of rotatable bonds is 1. The van der Waals surface area contributed by atoms with E-state index in [4.69, 9.17) is 6.57 Å². The lowest BCUT2D eigenvalue weighted by atomic mass is 10.4. The Balaban J connectivity index is 3.02. The minimum atomic E-state index is 0.355. The molecule has 0 radical (unpaired) electrons. The third kappa shape index (κ3) is 1.94. The van der Waals surface area contributed by atoms with Gasteiger partial charge in [0.25, 0.3) is 5.82 Å². The molecule has 0 fully saturated rings. The van der Waals surface area contributed by atoms with Gasteiger partial charge in [-0.05, 0) is 24.4 Å². The highest BCUT2D eigenvalue weighted by atomic mass is 32.1. The van der Waals surface area contributed by atoms with Gasteiger partial charge in [0.2, 0.25) is 0 Å². The lowest BCUT2D eigenvalue weighted by Gasteiger charge is -1.86. The van der Waals surface area contributed by atoms with Crippen molar-refractivity contribution in [2.45, 2.75) is 0 Å². The topological polar surface area (TPSA) is 29.6 Å². The third-order valence-corrected chi connectivity index (χ3v) is 1.11. The van der Waals surface area contributed by atoms with E-state index < -0.39 is 0 Å². The molecule has 1 rings (SSSR count). The van der Waals surface area contributed by atoms with Crippen molar-refractivity contribution < 1.29 is 0 Å². The summed E-state index contributed by atoms with van der Waals surface area (Å²) in [5.74, 6) is 0.355. The number of pyridine rings is 1. The van der Waals surface area contributed by atoms with Crippen molar-refractivity contribution >= 4 is 28.9 Å². The Morgan fingerprint density at radius 1 is 1.64 bits per heavy atom. The third-order valence-electron chi connectivity index (χ3n) is 1.02. The van der Waals surface area contributed by atoms with E-state index in [-0.39, 0.29) is 0 Å². The van der Waals surface area contributed by atoms with Gasteiger partial charge in [-0.25, -0.2) is 0 Å². The average molecular weight is 161 g/mol. The molecule has 0 amide bonds. The van der Waals surface area contributed by atoms with Gasteiger partial charge in [-0.2, -0.15) is 4.99 Å². The molecule has 0 aliphatic heterocycles. The van der Waals surface area contributed by atoms with E-state index >= 15 is 0 Å². The highest BCUT2D eigenvalue weighted by Crippen LogP contribution is 2.13. The Labute approximate surface area is 69.2 Å². The fourth-order valence-corrected chi connectivity index (χ4v) is 0.669. The van der Waals surface area contributed by atoms with E-state index in [1.807, 2.05) is 0 Å². The van der Waals surface area contributed by atoms with Crippen molar-refractivity contribution in [3.8, 4) is 0 Å². The van der Waals surface area contributed by atoms with Gasteiger partial charge in [0.15, 0.2) is 0 Å². The Hall–Kier alpha value is -1.56. The van der Waals surface area contributed by atoms with Crippen LogP contribution >= 0.6 is 12.2 Å². The molecule has 0 aromatic carbocycles. The summed E-state index contributed by atoms with van der Waals surface area (Å²) in [6, 6.07) is 3.25. The van der Waals surface area contributed by atoms with E-state index in [0.717, 1.165) is 0 Å². The molecule has 11 heavy (non-hydrogen) atoms. The van der Waals surface area contributed by atoms with Crippen molar-refractivity contribution in [2.24, 2.45) is 4.99 Å². The van der Waals surface area contributed by atoms with Crippen LogP contribution in [0.5, 0.6) is 0 Å². The predicted molar refractivity (Wildman–Crippen MR) is 45.2 cm³/mol. The second-order valence-corrected chi connectivity index (χ2v) is 1.87. The molecule has 1 heterocycles. The second kappa shape index (κ2) is 3.57. The van der Waals surface area contributed by atoms with E-state index in [0.29, 0.717) is 11.5 Å². The van der Waals surface area contributed by atoms with Crippen molar-refractivity contribution in [1.29, 1.82) is 0 Å². The maximum absolute atomic E-state index is 6.61. The van der Waals surface area contributed by atoms with E-state index in [1.165, 1.54) is 6.20 Å². The van der Waals surface area contributed by atoms with Crippen molar-refractivity contribution in [3.63, 3.8) is 0 Å². The van der Waals surface area contributed by atoms with E-state index in [1.54, 1.807) is 12.1 Å². The predicted octanol–water partition coefficient (Wildman–Crippen LogP) is 2.37. The zero-order valence-electron chi connectivity index (χ0n) is 5.48. The minimum Gasteiger partial charge on any atom is -0.361 e. The Bertz CT molecular complexity index is 330. The number of hydrogen-bond donors (Lipinski definition) is 0. The quantitative estimate of drug-likeness (QED) is 0.359. The van der Waals surface area contributed by atoms with Gasteiger partial charge in [-0.15, -0.1) is 4.98 Å². The van der Waals surface area contributed by atoms with Crippen LogP contribution < -0.4 is 0 Å². The number of isothiocyanates is 1. The second-order valence-electron chi connectivity index (χ2n) is 1.69. The van der Waals surface area contributed by atoms with Gasteiger partial charge in [0, 0.05) is 0 Å². The largest absolute Gasteiger partial charge is 0.361 e. The van der Waals surface area contributed by atoms with Gasteiger partial charge < -0.3 is 4.85 Å². The van der Waals surface area contributed by atoms with Crippen LogP contribution in [0.25, 0.3) is 4.85 Å². The van der Waals surface area contributed by atoms with Gasteiger partial charge in [-0.3, -0.25) is 0 Å². The Morgan fingerprint density at radius 3 is 2.91 bits per heavy atom. The van der Waals surface area contributed by atoms with Crippen molar-refractivity contribution in [1.82, 2.24) is 4.98 Å². The number of nitrogens with zero attached hydrogens (tertiary/aromatic N) is 3. The van der Waals surface area contributed by atoms with E-state index in [2.05, 4.69) is 32.2 Å². The molecule has 0 aliphatic carbocycles. The van der Waals surface area contributed by atoms with Crippen LogP contribution in [0.3, 0.4) is 0 Å². The Kier molecular flexibility index (Phi) is 2.45. The molecule has 3 nitrogen and oxygen atoms in total.